The molecule has 0 fully saturated rings. The van der Waals surface area contributed by atoms with Gasteiger partial charge < -0.3 is 15.0 Å². The van der Waals surface area contributed by atoms with Crippen LogP contribution in [-0.4, -0.2) is 17.3 Å². The van der Waals surface area contributed by atoms with Gasteiger partial charge in [0.1, 0.15) is 5.75 Å². The van der Waals surface area contributed by atoms with E-state index in [1.54, 1.807) is 30.6 Å². The fourth-order valence-corrected chi connectivity index (χ4v) is 2.58. The van der Waals surface area contributed by atoms with Crippen molar-refractivity contribution in [3.63, 3.8) is 0 Å². The van der Waals surface area contributed by atoms with Gasteiger partial charge >= 0.3 is 0 Å². The first-order valence-electron chi connectivity index (χ1n) is 6.05. The van der Waals surface area contributed by atoms with Crippen molar-refractivity contribution in [2.45, 2.75) is 6.42 Å². The van der Waals surface area contributed by atoms with Crippen LogP contribution in [0.3, 0.4) is 0 Å². The molecule has 3 aromatic rings. The van der Waals surface area contributed by atoms with Crippen molar-refractivity contribution in [3.8, 4) is 17.2 Å². The third kappa shape index (κ3) is 2.50. The minimum atomic E-state index is 0.464. The Hall–Kier alpha value is -2.34. The molecule has 5 nitrogen and oxygen atoms in total. The van der Waals surface area contributed by atoms with Crippen LogP contribution < -0.4 is 10.5 Å². The summed E-state index contributed by atoms with van der Waals surface area (Å²) in [6, 6.07) is 9.45. The summed E-state index contributed by atoms with van der Waals surface area (Å²) in [5.74, 6) is 1.76. The molecule has 0 spiro atoms. The van der Waals surface area contributed by atoms with Crippen LogP contribution >= 0.6 is 11.3 Å². The summed E-state index contributed by atoms with van der Waals surface area (Å²) in [6.45, 7) is 0. The van der Waals surface area contributed by atoms with E-state index in [-0.39, 0.29) is 0 Å². The van der Waals surface area contributed by atoms with Crippen LogP contribution in [0.4, 0.5) is 5.69 Å². The van der Waals surface area contributed by atoms with Crippen molar-refractivity contribution >= 4 is 17.0 Å². The molecule has 2 heterocycles. The van der Waals surface area contributed by atoms with E-state index < -0.39 is 0 Å². The summed E-state index contributed by atoms with van der Waals surface area (Å²) in [7, 11) is 1.58. The number of hydrogen-bond donors (Lipinski definition) is 1. The highest BCUT2D eigenvalue weighted by Crippen LogP contribution is 2.27. The Morgan fingerprint density at radius 3 is 2.95 bits per heavy atom. The van der Waals surface area contributed by atoms with Gasteiger partial charge in [0.15, 0.2) is 5.82 Å². The standard InChI is InChI=1S/C14H13N3O2S/c1-18-12-5-4-9(7-11(12)15)14-16-13(17-19-14)8-10-3-2-6-20-10/h2-7H,8,15H2,1H3. The zero-order chi connectivity index (χ0) is 13.9. The largest absolute Gasteiger partial charge is 0.495 e. The lowest BCUT2D eigenvalue weighted by Crippen LogP contribution is -1.92. The molecule has 20 heavy (non-hydrogen) atoms. The summed E-state index contributed by atoms with van der Waals surface area (Å²) in [4.78, 5) is 5.59. The van der Waals surface area contributed by atoms with Crippen molar-refractivity contribution < 1.29 is 9.26 Å². The third-order valence-electron chi connectivity index (χ3n) is 2.86. The van der Waals surface area contributed by atoms with E-state index in [9.17, 15) is 0 Å². The predicted molar refractivity (Wildman–Crippen MR) is 77.8 cm³/mol. The first-order chi connectivity index (χ1) is 9.76. The van der Waals surface area contributed by atoms with Gasteiger partial charge in [-0.2, -0.15) is 4.98 Å². The maximum absolute atomic E-state index is 5.87. The van der Waals surface area contributed by atoms with Gasteiger partial charge in [0, 0.05) is 16.9 Å². The number of hydrogen-bond acceptors (Lipinski definition) is 6. The Labute approximate surface area is 120 Å². The number of nitrogen functional groups attached to an aromatic ring is 1. The van der Waals surface area contributed by atoms with E-state index in [0.29, 0.717) is 29.6 Å². The topological polar surface area (TPSA) is 74.2 Å². The molecule has 0 radical (unpaired) electrons. The van der Waals surface area contributed by atoms with E-state index in [4.69, 9.17) is 15.0 Å². The molecule has 2 N–H and O–H groups in total. The maximum atomic E-state index is 5.87. The average molecular weight is 287 g/mol. The summed E-state index contributed by atoms with van der Waals surface area (Å²) in [5, 5.41) is 6.02. The molecule has 0 aliphatic heterocycles. The smallest absolute Gasteiger partial charge is 0.258 e. The second-order valence-corrected chi connectivity index (χ2v) is 5.26. The number of methoxy groups -OCH3 is 1. The number of anilines is 1. The van der Waals surface area contributed by atoms with Gasteiger partial charge in [-0.15, -0.1) is 11.3 Å². The maximum Gasteiger partial charge on any atom is 0.258 e. The summed E-state index contributed by atoms with van der Waals surface area (Å²) < 4.78 is 10.4. The first-order valence-corrected chi connectivity index (χ1v) is 6.93. The van der Waals surface area contributed by atoms with Crippen LogP contribution in [0.25, 0.3) is 11.5 Å². The van der Waals surface area contributed by atoms with Crippen LogP contribution in [-0.2, 0) is 6.42 Å². The minimum Gasteiger partial charge on any atom is -0.495 e. The molecule has 0 bridgehead atoms. The molecule has 0 amide bonds. The quantitative estimate of drug-likeness (QED) is 0.747. The highest BCUT2D eigenvalue weighted by atomic mass is 32.1. The van der Waals surface area contributed by atoms with Crippen LogP contribution in [0.15, 0.2) is 40.2 Å². The molecular formula is C14H13N3O2S. The van der Waals surface area contributed by atoms with E-state index in [0.717, 1.165) is 5.56 Å². The van der Waals surface area contributed by atoms with Crippen molar-refractivity contribution in [3.05, 3.63) is 46.4 Å². The molecule has 0 aliphatic rings. The van der Waals surface area contributed by atoms with Gasteiger partial charge in [-0.25, -0.2) is 0 Å². The van der Waals surface area contributed by atoms with Gasteiger partial charge in [0.25, 0.3) is 5.89 Å². The van der Waals surface area contributed by atoms with Crippen LogP contribution in [0.5, 0.6) is 5.75 Å². The van der Waals surface area contributed by atoms with Crippen molar-refractivity contribution in [2.75, 3.05) is 12.8 Å². The molecule has 0 unspecified atom stereocenters. The highest BCUT2D eigenvalue weighted by molar-refractivity contribution is 7.09. The Kier molecular flexibility index (Phi) is 3.39. The molecule has 3 rings (SSSR count). The van der Waals surface area contributed by atoms with E-state index in [1.165, 1.54) is 4.88 Å². The number of nitrogens with zero attached hydrogens (tertiary/aromatic N) is 2. The SMILES string of the molecule is COc1ccc(-c2nc(Cc3cccs3)no2)cc1N. The lowest BCUT2D eigenvalue weighted by molar-refractivity contribution is 0.416. The van der Waals surface area contributed by atoms with E-state index >= 15 is 0 Å². The molecule has 0 saturated carbocycles. The fraction of sp³-hybridized carbons (Fsp3) is 0.143. The molecule has 102 valence electrons. The molecule has 1 aromatic carbocycles. The van der Waals surface area contributed by atoms with Crippen LogP contribution in [0.1, 0.15) is 10.7 Å². The molecule has 0 atom stereocenters. The molecule has 0 saturated heterocycles. The van der Waals surface area contributed by atoms with Gasteiger partial charge in [-0.3, -0.25) is 0 Å². The van der Waals surface area contributed by atoms with Crippen LogP contribution in [0.2, 0.25) is 0 Å². The van der Waals surface area contributed by atoms with Gasteiger partial charge in [-0.1, -0.05) is 11.2 Å². The number of ether oxygens (including phenoxy) is 1. The fourth-order valence-electron chi connectivity index (χ4n) is 1.88. The molecule has 0 aliphatic carbocycles. The van der Waals surface area contributed by atoms with E-state index in [1.807, 2.05) is 23.6 Å². The number of aromatic nitrogens is 2. The molecular weight excluding hydrogens is 274 g/mol. The lowest BCUT2D eigenvalue weighted by Gasteiger charge is -2.04. The highest BCUT2D eigenvalue weighted by Gasteiger charge is 2.11. The third-order valence-corrected chi connectivity index (χ3v) is 3.73. The zero-order valence-corrected chi connectivity index (χ0v) is 11.7. The van der Waals surface area contributed by atoms with Crippen LogP contribution in [0, 0.1) is 0 Å². The second-order valence-electron chi connectivity index (χ2n) is 4.23. The Balaban J connectivity index is 1.84. The number of benzene rings is 1. The number of rotatable bonds is 4. The van der Waals surface area contributed by atoms with Gasteiger partial charge in [-0.05, 0) is 29.6 Å². The minimum absolute atomic E-state index is 0.464. The summed E-state index contributed by atoms with van der Waals surface area (Å²) in [6.07, 6.45) is 0.673. The van der Waals surface area contributed by atoms with Crippen molar-refractivity contribution in [1.82, 2.24) is 10.1 Å². The Morgan fingerprint density at radius 1 is 1.35 bits per heavy atom. The van der Waals surface area contributed by atoms with Crippen molar-refractivity contribution in [2.24, 2.45) is 0 Å². The van der Waals surface area contributed by atoms with E-state index in [2.05, 4.69) is 10.1 Å². The first kappa shape index (κ1) is 12.7. The molecule has 2 aromatic heterocycles. The van der Waals surface area contributed by atoms with Gasteiger partial charge in [0.05, 0.1) is 12.8 Å². The Bertz CT molecular complexity index is 707. The summed E-state index contributed by atoms with van der Waals surface area (Å²) >= 11 is 1.67. The summed E-state index contributed by atoms with van der Waals surface area (Å²) in [5.41, 5.74) is 7.20. The normalized spacial score (nSPS) is 10.7. The number of nitrogens with two attached hydrogens (primary N) is 1. The second kappa shape index (κ2) is 5.34. The lowest BCUT2D eigenvalue weighted by atomic mass is 10.2. The zero-order valence-electron chi connectivity index (χ0n) is 10.9. The monoisotopic (exact) mass is 287 g/mol. The molecule has 6 heteroatoms. The average Bonchev–Trinajstić information content (AvgIpc) is 3.11. The van der Waals surface area contributed by atoms with Gasteiger partial charge in [0.2, 0.25) is 0 Å². The number of thiophene rings is 1. The predicted octanol–water partition coefficient (Wildman–Crippen LogP) is 2.98. The Morgan fingerprint density at radius 2 is 2.25 bits per heavy atom. The van der Waals surface area contributed by atoms with Crippen molar-refractivity contribution in [1.29, 1.82) is 0 Å².